The molecular formula is C17H15FO5. The smallest absolute Gasteiger partial charge is 0.344 e. The van der Waals surface area contributed by atoms with Crippen LogP contribution < -0.4 is 9.47 Å². The molecule has 0 aliphatic rings. The molecule has 23 heavy (non-hydrogen) atoms. The first kappa shape index (κ1) is 16.5. The van der Waals surface area contributed by atoms with E-state index in [0.29, 0.717) is 11.5 Å². The quantitative estimate of drug-likeness (QED) is 0.580. The van der Waals surface area contributed by atoms with E-state index in [1.165, 1.54) is 24.3 Å². The minimum atomic E-state index is -0.717. The Bertz CT molecular complexity index is 682. The zero-order valence-corrected chi connectivity index (χ0v) is 12.5. The van der Waals surface area contributed by atoms with Gasteiger partial charge < -0.3 is 14.2 Å². The number of halogens is 1. The van der Waals surface area contributed by atoms with Crippen molar-refractivity contribution in [3.05, 3.63) is 59.9 Å². The normalized spacial score (nSPS) is 10.0. The highest BCUT2D eigenvalue weighted by atomic mass is 19.1. The largest absolute Gasteiger partial charge is 0.497 e. The lowest BCUT2D eigenvalue weighted by Gasteiger charge is -2.07. The van der Waals surface area contributed by atoms with Crippen LogP contribution in [0.2, 0.25) is 0 Å². The highest BCUT2D eigenvalue weighted by molar-refractivity contribution is 5.98. The van der Waals surface area contributed by atoms with Crippen LogP contribution in [0.3, 0.4) is 0 Å². The van der Waals surface area contributed by atoms with Crippen molar-refractivity contribution < 1.29 is 28.2 Å². The van der Waals surface area contributed by atoms with Crippen molar-refractivity contribution in [3.63, 3.8) is 0 Å². The third-order valence-corrected chi connectivity index (χ3v) is 2.95. The van der Waals surface area contributed by atoms with Gasteiger partial charge in [0.2, 0.25) is 5.78 Å². The third kappa shape index (κ3) is 4.81. The average molecular weight is 318 g/mol. The van der Waals surface area contributed by atoms with Gasteiger partial charge in [-0.2, -0.15) is 0 Å². The van der Waals surface area contributed by atoms with Crippen molar-refractivity contribution in [2.75, 3.05) is 20.3 Å². The van der Waals surface area contributed by atoms with E-state index >= 15 is 0 Å². The van der Waals surface area contributed by atoms with E-state index < -0.39 is 24.2 Å². The van der Waals surface area contributed by atoms with E-state index in [0.717, 1.165) is 0 Å². The maximum atomic E-state index is 13.4. The second-order valence-electron chi connectivity index (χ2n) is 4.53. The topological polar surface area (TPSA) is 61.8 Å². The fourth-order valence-electron chi connectivity index (χ4n) is 1.77. The molecule has 0 N–H and O–H groups in total. The Hall–Kier alpha value is -2.89. The number of esters is 1. The summed E-state index contributed by atoms with van der Waals surface area (Å²) in [7, 11) is 1.54. The molecule has 0 unspecified atom stereocenters. The average Bonchev–Trinajstić information content (AvgIpc) is 2.58. The highest BCUT2D eigenvalue weighted by Gasteiger charge is 2.13. The molecule has 0 saturated heterocycles. The summed E-state index contributed by atoms with van der Waals surface area (Å²) in [6, 6.07) is 12.1. The molecule has 0 aliphatic carbocycles. The Morgan fingerprint density at radius 1 is 0.957 bits per heavy atom. The van der Waals surface area contributed by atoms with Crippen molar-refractivity contribution in [2.45, 2.75) is 0 Å². The lowest BCUT2D eigenvalue weighted by molar-refractivity contribution is -0.144. The molecule has 0 spiro atoms. The number of methoxy groups -OCH3 is 1. The second kappa shape index (κ2) is 7.93. The monoisotopic (exact) mass is 318 g/mol. The predicted octanol–water partition coefficient (Wildman–Crippen LogP) is 2.64. The van der Waals surface area contributed by atoms with Crippen LogP contribution >= 0.6 is 0 Å². The van der Waals surface area contributed by atoms with E-state index in [9.17, 15) is 14.0 Å². The first-order valence-corrected chi connectivity index (χ1v) is 6.80. The molecule has 0 bridgehead atoms. The van der Waals surface area contributed by atoms with Gasteiger partial charge in [0.05, 0.1) is 12.7 Å². The molecule has 5 nitrogen and oxygen atoms in total. The second-order valence-corrected chi connectivity index (χ2v) is 4.53. The van der Waals surface area contributed by atoms with Gasteiger partial charge in [-0.25, -0.2) is 9.18 Å². The minimum Gasteiger partial charge on any atom is -0.497 e. The van der Waals surface area contributed by atoms with Crippen LogP contribution in [0.1, 0.15) is 10.4 Å². The number of benzene rings is 2. The maximum Gasteiger partial charge on any atom is 0.344 e. The van der Waals surface area contributed by atoms with Crippen molar-refractivity contribution in [3.8, 4) is 11.5 Å². The van der Waals surface area contributed by atoms with Crippen molar-refractivity contribution >= 4 is 11.8 Å². The van der Waals surface area contributed by atoms with E-state index in [4.69, 9.17) is 14.2 Å². The zero-order valence-electron chi connectivity index (χ0n) is 12.5. The molecule has 0 fully saturated rings. The molecule has 0 amide bonds. The molecule has 0 radical (unpaired) electrons. The SMILES string of the molecule is COc1ccc(OCC(=O)OCC(=O)c2ccccc2F)cc1. The van der Waals surface area contributed by atoms with E-state index in [1.807, 2.05) is 0 Å². The Labute approximate surface area is 132 Å². The molecular weight excluding hydrogens is 303 g/mol. The predicted molar refractivity (Wildman–Crippen MR) is 80.2 cm³/mol. The summed E-state index contributed by atoms with van der Waals surface area (Å²) in [4.78, 5) is 23.3. The summed E-state index contributed by atoms with van der Waals surface area (Å²) < 4.78 is 28.4. The van der Waals surface area contributed by atoms with E-state index in [2.05, 4.69) is 0 Å². The summed E-state index contributed by atoms with van der Waals surface area (Å²) in [6.45, 7) is -0.886. The number of carbonyl (C=O) groups is 2. The Balaban J connectivity index is 1.78. The molecule has 0 heterocycles. The van der Waals surface area contributed by atoms with Crippen LogP contribution in [0.15, 0.2) is 48.5 Å². The van der Waals surface area contributed by atoms with Gasteiger partial charge in [-0.05, 0) is 36.4 Å². The number of hydrogen-bond donors (Lipinski definition) is 0. The first-order valence-electron chi connectivity index (χ1n) is 6.80. The summed E-state index contributed by atoms with van der Waals surface area (Å²) in [5.74, 6) is -0.854. The van der Waals surface area contributed by atoms with Gasteiger partial charge in [0.15, 0.2) is 13.2 Å². The fourth-order valence-corrected chi connectivity index (χ4v) is 1.77. The first-order chi connectivity index (χ1) is 11.1. The van der Waals surface area contributed by atoms with E-state index in [-0.39, 0.29) is 12.2 Å². The van der Waals surface area contributed by atoms with Crippen LogP contribution in [0.5, 0.6) is 11.5 Å². The van der Waals surface area contributed by atoms with Crippen molar-refractivity contribution in [2.24, 2.45) is 0 Å². The molecule has 0 aromatic heterocycles. The van der Waals surface area contributed by atoms with Crippen LogP contribution in [-0.4, -0.2) is 32.1 Å². The summed E-state index contributed by atoms with van der Waals surface area (Å²) in [5.41, 5.74) is -0.114. The summed E-state index contributed by atoms with van der Waals surface area (Å²) in [6.07, 6.45) is 0. The Kier molecular flexibility index (Phi) is 5.68. The van der Waals surface area contributed by atoms with Crippen molar-refractivity contribution in [1.82, 2.24) is 0 Å². The highest BCUT2D eigenvalue weighted by Crippen LogP contribution is 2.16. The molecule has 2 rings (SSSR count). The lowest BCUT2D eigenvalue weighted by Crippen LogP contribution is -2.20. The zero-order chi connectivity index (χ0) is 16.7. The van der Waals surface area contributed by atoms with Crippen molar-refractivity contribution in [1.29, 1.82) is 0 Å². The van der Waals surface area contributed by atoms with Gasteiger partial charge in [0.1, 0.15) is 17.3 Å². The minimum absolute atomic E-state index is 0.114. The number of ketones is 1. The van der Waals surface area contributed by atoms with Crippen LogP contribution in [-0.2, 0) is 9.53 Å². The van der Waals surface area contributed by atoms with E-state index in [1.54, 1.807) is 31.4 Å². The van der Waals surface area contributed by atoms with Crippen LogP contribution in [0, 0.1) is 5.82 Å². The number of rotatable bonds is 7. The maximum absolute atomic E-state index is 13.4. The molecule has 0 aliphatic heterocycles. The molecule has 2 aromatic carbocycles. The van der Waals surface area contributed by atoms with Gasteiger partial charge in [-0.1, -0.05) is 12.1 Å². The molecule has 0 atom stereocenters. The molecule has 6 heteroatoms. The molecule has 2 aromatic rings. The molecule has 0 saturated carbocycles. The summed E-state index contributed by atoms with van der Waals surface area (Å²) in [5, 5.41) is 0. The number of ether oxygens (including phenoxy) is 3. The number of hydrogen-bond acceptors (Lipinski definition) is 5. The Morgan fingerprint density at radius 3 is 2.26 bits per heavy atom. The van der Waals surface area contributed by atoms with Gasteiger partial charge in [0.25, 0.3) is 0 Å². The summed E-state index contributed by atoms with van der Waals surface area (Å²) >= 11 is 0. The van der Waals surface area contributed by atoms with Crippen LogP contribution in [0.25, 0.3) is 0 Å². The standard InChI is InChI=1S/C17H15FO5/c1-21-12-6-8-13(9-7-12)22-11-17(20)23-10-16(19)14-4-2-3-5-15(14)18/h2-9H,10-11H2,1H3. The lowest BCUT2D eigenvalue weighted by atomic mass is 10.1. The number of Topliss-reactive ketones (excluding diaryl/α,β-unsaturated/α-hetero) is 1. The fraction of sp³-hybridized carbons (Fsp3) is 0.176. The molecule has 120 valence electrons. The Morgan fingerprint density at radius 2 is 1.61 bits per heavy atom. The van der Waals surface area contributed by atoms with Gasteiger partial charge in [-0.3, -0.25) is 4.79 Å². The van der Waals surface area contributed by atoms with Gasteiger partial charge >= 0.3 is 5.97 Å². The van der Waals surface area contributed by atoms with Gasteiger partial charge in [0, 0.05) is 0 Å². The number of carbonyl (C=O) groups excluding carboxylic acids is 2. The van der Waals surface area contributed by atoms with Gasteiger partial charge in [-0.15, -0.1) is 0 Å². The van der Waals surface area contributed by atoms with Crippen LogP contribution in [0.4, 0.5) is 4.39 Å². The third-order valence-electron chi connectivity index (χ3n) is 2.95.